The number of methoxy groups -OCH3 is 2. The minimum atomic E-state index is -0.990. The van der Waals surface area contributed by atoms with Crippen molar-refractivity contribution in [2.75, 3.05) is 19.5 Å². The molecule has 2 atom stereocenters. The molecule has 2 amide bonds. The summed E-state index contributed by atoms with van der Waals surface area (Å²) in [5, 5.41) is 2.86. The van der Waals surface area contributed by atoms with Gasteiger partial charge in [-0.25, -0.2) is 4.79 Å². The Bertz CT molecular complexity index is 1030. The molecule has 2 heterocycles. The van der Waals surface area contributed by atoms with Crippen molar-refractivity contribution in [2.45, 2.75) is 32.0 Å². The number of carbonyl (C=O) groups excluding carboxylic acids is 3. The van der Waals surface area contributed by atoms with Gasteiger partial charge in [0.15, 0.2) is 11.5 Å². The Kier molecular flexibility index (Phi) is 5.07. The fourth-order valence-electron chi connectivity index (χ4n) is 3.99. The number of hydrogen-bond donors (Lipinski definition) is 1. The molecule has 30 heavy (non-hydrogen) atoms. The van der Waals surface area contributed by atoms with Gasteiger partial charge in [-0.15, -0.1) is 0 Å². The highest BCUT2D eigenvalue weighted by Gasteiger charge is 2.47. The second-order valence-corrected chi connectivity index (χ2v) is 7.24. The number of anilines is 1. The maximum Gasteiger partial charge on any atom is 0.344 e. The standard InChI is InChI=1S/C22H22N2O6/c1-12-5-4-6-13(11-12)23-20(26)15-8-10-17(25)24(15)21-14-7-9-16(28-2)19(29-3)18(14)22(27)30-21/h4-7,9,11,15,21H,8,10H2,1-3H3,(H,23,26)/t15-,21-/m0/s1. The fraction of sp³-hybridized carbons (Fsp3) is 0.318. The van der Waals surface area contributed by atoms with Crippen LogP contribution in [0.25, 0.3) is 0 Å². The molecule has 4 rings (SSSR count). The van der Waals surface area contributed by atoms with E-state index in [2.05, 4.69) is 5.32 Å². The molecule has 0 spiro atoms. The van der Waals surface area contributed by atoms with E-state index in [0.717, 1.165) is 5.56 Å². The number of nitrogens with zero attached hydrogens (tertiary/aromatic N) is 1. The lowest BCUT2D eigenvalue weighted by atomic mass is 10.0. The molecule has 2 aliphatic rings. The van der Waals surface area contributed by atoms with E-state index in [4.69, 9.17) is 14.2 Å². The fourth-order valence-corrected chi connectivity index (χ4v) is 3.99. The minimum Gasteiger partial charge on any atom is -0.493 e. The molecule has 8 heteroatoms. The van der Waals surface area contributed by atoms with Crippen molar-refractivity contribution in [2.24, 2.45) is 0 Å². The quantitative estimate of drug-likeness (QED) is 0.762. The number of rotatable bonds is 5. The first-order chi connectivity index (χ1) is 14.4. The Morgan fingerprint density at radius 1 is 1.17 bits per heavy atom. The zero-order valence-electron chi connectivity index (χ0n) is 16.9. The molecule has 1 fully saturated rings. The van der Waals surface area contributed by atoms with E-state index in [1.807, 2.05) is 25.1 Å². The van der Waals surface area contributed by atoms with E-state index >= 15 is 0 Å². The number of nitrogens with one attached hydrogen (secondary N) is 1. The number of carbonyl (C=O) groups is 3. The van der Waals surface area contributed by atoms with Crippen molar-refractivity contribution < 1.29 is 28.6 Å². The van der Waals surface area contributed by atoms with Gasteiger partial charge in [0.25, 0.3) is 0 Å². The van der Waals surface area contributed by atoms with E-state index in [1.54, 1.807) is 18.2 Å². The van der Waals surface area contributed by atoms with E-state index < -0.39 is 18.2 Å². The summed E-state index contributed by atoms with van der Waals surface area (Å²) in [6, 6.07) is 9.96. The molecule has 8 nitrogen and oxygen atoms in total. The third-order valence-corrected chi connectivity index (χ3v) is 5.36. The summed E-state index contributed by atoms with van der Waals surface area (Å²) in [5.41, 5.74) is 2.34. The first-order valence-electron chi connectivity index (χ1n) is 9.59. The van der Waals surface area contributed by atoms with Gasteiger partial charge in [-0.1, -0.05) is 12.1 Å². The van der Waals surface area contributed by atoms with Gasteiger partial charge >= 0.3 is 5.97 Å². The molecular weight excluding hydrogens is 388 g/mol. The number of fused-ring (bicyclic) bond motifs is 1. The van der Waals surface area contributed by atoms with E-state index in [0.29, 0.717) is 23.4 Å². The number of esters is 1. The van der Waals surface area contributed by atoms with Crippen LogP contribution in [0.3, 0.4) is 0 Å². The van der Waals surface area contributed by atoms with E-state index in [-0.39, 0.29) is 29.5 Å². The molecular formula is C22H22N2O6. The summed E-state index contributed by atoms with van der Waals surface area (Å²) < 4.78 is 16.1. The molecule has 0 radical (unpaired) electrons. The number of ether oxygens (including phenoxy) is 3. The van der Waals surface area contributed by atoms with Crippen LogP contribution in [-0.2, 0) is 14.3 Å². The summed E-state index contributed by atoms with van der Waals surface area (Å²) in [4.78, 5) is 39.6. The number of benzene rings is 2. The second kappa shape index (κ2) is 7.70. The molecule has 2 aromatic carbocycles. The van der Waals surface area contributed by atoms with Crippen LogP contribution in [0.15, 0.2) is 36.4 Å². The van der Waals surface area contributed by atoms with Crippen LogP contribution in [0, 0.1) is 6.92 Å². The zero-order chi connectivity index (χ0) is 21.4. The van der Waals surface area contributed by atoms with Crippen LogP contribution in [0.1, 0.15) is 40.6 Å². The molecule has 0 saturated carbocycles. The predicted molar refractivity (Wildman–Crippen MR) is 107 cm³/mol. The molecule has 0 aliphatic carbocycles. The molecule has 0 bridgehead atoms. The van der Waals surface area contributed by atoms with Gasteiger partial charge < -0.3 is 19.5 Å². The normalized spacial score (nSPS) is 20.0. The van der Waals surface area contributed by atoms with Gasteiger partial charge in [0, 0.05) is 17.7 Å². The summed E-state index contributed by atoms with van der Waals surface area (Å²) >= 11 is 0. The topological polar surface area (TPSA) is 94.2 Å². The number of aryl methyl sites for hydroxylation is 1. The maximum atomic E-state index is 13.0. The molecule has 1 N–H and O–H groups in total. The predicted octanol–water partition coefficient (Wildman–Crippen LogP) is 2.81. The van der Waals surface area contributed by atoms with Gasteiger partial charge in [-0.05, 0) is 43.2 Å². The number of amides is 2. The summed E-state index contributed by atoms with van der Waals surface area (Å²) in [7, 11) is 2.90. The molecule has 2 aromatic rings. The highest BCUT2D eigenvalue weighted by Crippen LogP contribution is 2.45. The lowest BCUT2D eigenvalue weighted by molar-refractivity contribution is -0.144. The maximum absolute atomic E-state index is 13.0. The lowest BCUT2D eigenvalue weighted by Gasteiger charge is -2.29. The largest absolute Gasteiger partial charge is 0.493 e. The third-order valence-electron chi connectivity index (χ3n) is 5.36. The van der Waals surface area contributed by atoms with Crippen LogP contribution < -0.4 is 14.8 Å². The second-order valence-electron chi connectivity index (χ2n) is 7.24. The van der Waals surface area contributed by atoms with Gasteiger partial charge in [-0.3, -0.25) is 14.5 Å². The van der Waals surface area contributed by atoms with Crippen LogP contribution >= 0.6 is 0 Å². The molecule has 0 aromatic heterocycles. The van der Waals surface area contributed by atoms with Gasteiger partial charge in [-0.2, -0.15) is 0 Å². The first-order valence-corrected chi connectivity index (χ1v) is 9.59. The number of hydrogen-bond acceptors (Lipinski definition) is 6. The summed E-state index contributed by atoms with van der Waals surface area (Å²) in [6.45, 7) is 1.93. The summed E-state index contributed by atoms with van der Waals surface area (Å²) in [6.07, 6.45) is -0.453. The smallest absolute Gasteiger partial charge is 0.344 e. The highest BCUT2D eigenvalue weighted by molar-refractivity contribution is 6.01. The van der Waals surface area contributed by atoms with E-state index in [1.165, 1.54) is 19.1 Å². The van der Waals surface area contributed by atoms with Crippen molar-refractivity contribution in [1.82, 2.24) is 4.90 Å². The number of cyclic esters (lactones) is 1. The monoisotopic (exact) mass is 410 g/mol. The zero-order valence-corrected chi connectivity index (χ0v) is 16.9. The van der Waals surface area contributed by atoms with Gasteiger partial charge in [0.2, 0.25) is 18.0 Å². The van der Waals surface area contributed by atoms with Crippen LogP contribution in [0.4, 0.5) is 5.69 Å². The van der Waals surface area contributed by atoms with Crippen molar-refractivity contribution in [3.63, 3.8) is 0 Å². The Hall–Kier alpha value is -3.55. The van der Waals surface area contributed by atoms with Crippen molar-refractivity contribution >= 4 is 23.5 Å². The molecule has 1 saturated heterocycles. The van der Waals surface area contributed by atoms with Crippen molar-refractivity contribution in [3.05, 3.63) is 53.1 Å². The van der Waals surface area contributed by atoms with E-state index in [9.17, 15) is 14.4 Å². The number of likely N-dealkylation sites (tertiary alicyclic amines) is 1. The van der Waals surface area contributed by atoms with Crippen molar-refractivity contribution in [1.29, 1.82) is 0 Å². The Balaban J connectivity index is 1.65. The molecule has 2 aliphatic heterocycles. The van der Waals surface area contributed by atoms with Crippen LogP contribution in [-0.4, -0.2) is 42.9 Å². The average molecular weight is 410 g/mol. The Morgan fingerprint density at radius 3 is 2.67 bits per heavy atom. The minimum absolute atomic E-state index is 0.197. The Labute approximate surface area is 173 Å². The van der Waals surface area contributed by atoms with Crippen molar-refractivity contribution in [3.8, 4) is 11.5 Å². The lowest BCUT2D eigenvalue weighted by Crippen LogP contribution is -2.43. The van der Waals surface area contributed by atoms with Gasteiger partial charge in [0.05, 0.1) is 14.2 Å². The Morgan fingerprint density at radius 2 is 1.97 bits per heavy atom. The SMILES string of the molecule is COc1ccc2c(c1OC)C(=O)O[C@@H]2N1C(=O)CC[C@H]1C(=O)Nc1cccc(C)c1. The van der Waals surface area contributed by atoms with Gasteiger partial charge in [0.1, 0.15) is 11.6 Å². The molecule has 0 unspecified atom stereocenters. The average Bonchev–Trinajstić information content (AvgIpc) is 3.27. The third kappa shape index (κ3) is 3.24. The van der Waals surface area contributed by atoms with Crippen LogP contribution in [0.2, 0.25) is 0 Å². The highest BCUT2D eigenvalue weighted by atomic mass is 16.6. The summed E-state index contributed by atoms with van der Waals surface area (Å²) in [5.74, 6) is -0.565. The van der Waals surface area contributed by atoms with Crippen LogP contribution in [0.5, 0.6) is 11.5 Å². The molecule has 156 valence electrons. The first kappa shape index (κ1) is 19.8.